The largest absolute Gasteiger partial charge is 0.418 e. The number of amides is 1. The summed E-state index contributed by atoms with van der Waals surface area (Å²) in [5, 5.41) is 7.12. The molecule has 1 aromatic carbocycles. The maximum Gasteiger partial charge on any atom is 0.418 e. The number of carbonyl (C=O) groups excluding carboxylic acids is 1. The van der Waals surface area contributed by atoms with Crippen LogP contribution in [0.15, 0.2) is 36.7 Å². The number of para-hydroxylation sites is 1. The van der Waals surface area contributed by atoms with Gasteiger partial charge in [-0.15, -0.1) is 0 Å². The fourth-order valence-electron chi connectivity index (χ4n) is 3.21. The van der Waals surface area contributed by atoms with Crippen molar-refractivity contribution in [2.45, 2.75) is 25.6 Å². The average Bonchev–Trinajstić information content (AvgIpc) is 3.21. The summed E-state index contributed by atoms with van der Waals surface area (Å²) in [6.45, 7) is 1.97. The second-order valence-electron chi connectivity index (χ2n) is 6.24. The zero-order chi connectivity index (χ0) is 19.2. The molecule has 0 saturated carbocycles. The molecule has 1 N–H and O–H groups in total. The standard InChI is InChI=1S/C17H15F3N6O/c1-10-8-14(26-16(23-10)21-9-22-26)24-12-6-7-25(15(12)27)13-5-3-2-4-11(13)17(18,19)20/h2-5,8-9,12,24H,6-7H2,1H3. The molecule has 0 bridgehead atoms. The molecule has 1 fully saturated rings. The molecule has 3 heterocycles. The Bertz CT molecular complexity index is 1020. The number of anilines is 2. The van der Waals surface area contributed by atoms with Gasteiger partial charge in [-0.05, 0) is 25.5 Å². The molecule has 1 atom stereocenters. The third-order valence-corrected chi connectivity index (χ3v) is 4.41. The van der Waals surface area contributed by atoms with E-state index in [1.165, 1.54) is 33.9 Å². The van der Waals surface area contributed by atoms with E-state index in [0.29, 0.717) is 23.7 Å². The van der Waals surface area contributed by atoms with Crippen molar-refractivity contribution in [3.05, 3.63) is 47.9 Å². The first-order valence-electron chi connectivity index (χ1n) is 8.26. The summed E-state index contributed by atoms with van der Waals surface area (Å²) in [5.41, 5.74) is -0.267. The number of rotatable bonds is 3. The van der Waals surface area contributed by atoms with Gasteiger partial charge in [0.25, 0.3) is 5.78 Å². The smallest absolute Gasteiger partial charge is 0.358 e. The number of halogens is 3. The van der Waals surface area contributed by atoms with E-state index in [1.54, 1.807) is 13.0 Å². The highest BCUT2D eigenvalue weighted by Gasteiger charge is 2.39. The van der Waals surface area contributed by atoms with Crippen LogP contribution in [0.1, 0.15) is 17.7 Å². The maximum atomic E-state index is 13.3. The molecule has 4 rings (SSSR count). The summed E-state index contributed by atoms with van der Waals surface area (Å²) in [7, 11) is 0. The third-order valence-electron chi connectivity index (χ3n) is 4.41. The van der Waals surface area contributed by atoms with Gasteiger partial charge in [0.1, 0.15) is 18.2 Å². The molecule has 27 heavy (non-hydrogen) atoms. The van der Waals surface area contributed by atoms with Crippen LogP contribution in [-0.2, 0) is 11.0 Å². The van der Waals surface area contributed by atoms with Gasteiger partial charge in [0.2, 0.25) is 5.91 Å². The molecule has 1 aliphatic rings. The van der Waals surface area contributed by atoms with Gasteiger partial charge in [-0.2, -0.15) is 27.8 Å². The number of hydrogen-bond acceptors (Lipinski definition) is 5. The number of aromatic nitrogens is 4. The Morgan fingerprint density at radius 3 is 2.81 bits per heavy atom. The number of nitrogens with one attached hydrogen (secondary N) is 1. The van der Waals surface area contributed by atoms with E-state index in [-0.39, 0.29) is 12.2 Å². The van der Waals surface area contributed by atoms with Crippen LogP contribution in [0, 0.1) is 6.92 Å². The summed E-state index contributed by atoms with van der Waals surface area (Å²) < 4.78 is 41.3. The molecule has 0 aliphatic carbocycles. The molecular weight excluding hydrogens is 361 g/mol. The number of carbonyl (C=O) groups is 1. The van der Waals surface area contributed by atoms with Crippen LogP contribution in [0.3, 0.4) is 0 Å². The quantitative estimate of drug-likeness (QED) is 0.761. The van der Waals surface area contributed by atoms with Gasteiger partial charge in [0.15, 0.2) is 0 Å². The van der Waals surface area contributed by atoms with Crippen LogP contribution in [0.25, 0.3) is 5.78 Å². The highest BCUT2D eigenvalue weighted by molar-refractivity contribution is 6.01. The van der Waals surface area contributed by atoms with E-state index in [0.717, 1.165) is 6.07 Å². The van der Waals surface area contributed by atoms with Gasteiger partial charge in [0, 0.05) is 18.3 Å². The van der Waals surface area contributed by atoms with Crippen molar-refractivity contribution in [3.8, 4) is 0 Å². The predicted molar refractivity (Wildman–Crippen MR) is 91.3 cm³/mol. The van der Waals surface area contributed by atoms with Crippen LogP contribution in [0.5, 0.6) is 0 Å². The average molecular weight is 376 g/mol. The van der Waals surface area contributed by atoms with Crippen molar-refractivity contribution >= 4 is 23.2 Å². The van der Waals surface area contributed by atoms with Crippen molar-refractivity contribution in [1.82, 2.24) is 19.6 Å². The molecule has 3 aromatic rings. The number of aryl methyl sites for hydroxylation is 1. The van der Waals surface area contributed by atoms with Gasteiger partial charge in [-0.3, -0.25) is 4.79 Å². The minimum Gasteiger partial charge on any atom is -0.358 e. The highest BCUT2D eigenvalue weighted by atomic mass is 19.4. The molecule has 1 amide bonds. The summed E-state index contributed by atoms with van der Waals surface area (Å²) in [6.07, 6.45) is -2.82. The van der Waals surface area contributed by atoms with Gasteiger partial charge >= 0.3 is 6.18 Å². The van der Waals surface area contributed by atoms with Crippen molar-refractivity contribution in [1.29, 1.82) is 0 Å². The fraction of sp³-hybridized carbons (Fsp3) is 0.294. The normalized spacial score (nSPS) is 17.7. The minimum absolute atomic E-state index is 0.129. The van der Waals surface area contributed by atoms with E-state index in [2.05, 4.69) is 20.4 Å². The second kappa shape index (κ2) is 6.22. The first kappa shape index (κ1) is 17.3. The lowest BCUT2D eigenvalue weighted by Crippen LogP contribution is -2.35. The molecule has 140 valence electrons. The maximum absolute atomic E-state index is 13.3. The van der Waals surface area contributed by atoms with Gasteiger partial charge < -0.3 is 10.2 Å². The van der Waals surface area contributed by atoms with Crippen LogP contribution in [-0.4, -0.2) is 38.1 Å². The Morgan fingerprint density at radius 2 is 2.04 bits per heavy atom. The number of hydrogen-bond donors (Lipinski definition) is 1. The Balaban J connectivity index is 1.62. The first-order chi connectivity index (χ1) is 12.8. The van der Waals surface area contributed by atoms with Gasteiger partial charge in [-0.1, -0.05) is 12.1 Å². The minimum atomic E-state index is -4.53. The van der Waals surface area contributed by atoms with Crippen molar-refractivity contribution in [2.75, 3.05) is 16.8 Å². The van der Waals surface area contributed by atoms with Crippen molar-refractivity contribution < 1.29 is 18.0 Å². The molecule has 0 radical (unpaired) electrons. The molecule has 2 aromatic heterocycles. The van der Waals surface area contributed by atoms with Crippen LogP contribution in [0.2, 0.25) is 0 Å². The molecule has 1 unspecified atom stereocenters. The Hall–Kier alpha value is -3.17. The third kappa shape index (κ3) is 3.07. The SMILES string of the molecule is Cc1cc(NC2CCN(c3ccccc3C(F)(F)F)C2=O)n2ncnc2n1. The van der Waals surface area contributed by atoms with Crippen LogP contribution >= 0.6 is 0 Å². The zero-order valence-electron chi connectivity index (χ0n) is 14.2. The fourth-order valence-corrected chi connectivity index (χ4v) is 3.21. The number of benzene rings is 1. The number of alkyl halides is 3. The summed E-state index contributed by atoms with van der Waals surface area (Å²) >= 11 is 0. The Kier molecular flexibility index (Phi) is 3.97. The van der Waals surface area contributed by atoms with E-state index in [1.807, 2.05) is 0 Å². The summed E-state index contributed by atoms with van der Waals surface area (Å²) in [6, 6.07) is 6.14. The molecule has 1 aliphatic heterocycles. The molecule has 7 nitrogen and oxygen atoms in total. The lowest BCUT2D eigenvalue weighted by Gasteiger charge is -2.22. The van der Waals surface area contributed by atoms with Crippen LogP contribution in [0.4, 0.5) is 24.7 Å². The molecule has 0 spiro atoms. The topological polar surface area (TPSA) is 75.4 Å². The number of fused-ring (bicyclic) bond motifs is 1. The monoisotopic (exact) mass is 376 g/mol. The van der Waals surface area contributed by atoms with Crippen molar-refractivity contribution in [3.63, 3.8) is 0 Å². The van der Waals surface area contributed by atoms with Crippen molar-refractivity contribution in [2.24, 2.45) is 0 Å². The second-order valence-corrected chi connectivity index (χ2v) is 6.24. The lowest BCUT2D eigenvalue weighted by molar-refractivity contribution is -0.137. The van der Waals surface area contributed by atoms with E-state index in [4.69, 9.17) is 0 Å². The first-order valence-corrected chi connectivity index (χ1v) is 8.26. The Morgan fingerprint density at radius 1 is 1.26 bits per heavy atom. The van der Waals surface area contributed by atoms with E-state index >= 15 is 0 Å². The zero-order valence-corrected chi connectivity index (χ0v) is 14.2. The Labute approximate surface area is 151 Å². The summed E-state index contributed by atoms with van der Waals surface area (Å²) in [4.78, 5) is 22.2. The predicted octanol–water partition coefficient (Wildman–Crippen LogP) is 2.67. The molecule has 10 heteroatoms. The summed E-state index contributed by atoms with van der Waals surface area (Å²) in [5.74, 6) is 0.468. The molecule has 1 saturated heterocycles. The van der Waals surface area contributed by atoms with E-state index < -0.39 is 23.7 Å². The highest BCUT2D eigenvalue weighted by Crippen LogP contribution is 2.38. The van der Waals surface area contributed by atoms with Gasteiger partial charge in [-0.25, -0.2) is 4.98 Å². The van der Waals surface area contributed by atoms with Gasteiger partial charge in [0.05, 0.1) is 11.3 Å². The van der Waals surface area contributed by atoms with Crippen LogP contribution < -0.4 is 10.2 Å². The number of nitrogens with zero attached hydrogens (tertiary/aromatic N) is 5. The molecular formula is C17H15F3N6O. The lowest BCUT2D eigenvalue weighted by atomic mass is 10.1. The van der Waals surface area contributed by atoms with E-state index in [9.17, 15) is 18.0 Å².